The zero-order valence-corrected chi connectivity index (χ0v) is 14.2. The normalized spacial score (nSPS) is 14.0. The summed E-state index contributed by atoms with van der Waals surface area (Å²) in [5, 5.41) is 8.45. The largest absolute Gasteiger partial charge is 0.340 e. The van der Waals surface area contributed by atoms with Crippen molar-refractivity contribution in [1.29, 1.82) is 0 Å². The van der Waals surface area contributed by atoms with Gasteiger partial charge in [-0.3, -0.25) is 0 Å². The van der Waals surface area contributed by atoms with Crippen molar-refractivity contribution in [2.45, 2.75) is 45.8 Å². The number of fused-ring (bicyclic) bond motifs is 3. The summed E-state index contributed by atoms with van der Waals surface area (Å²) < 4.78 is 2.29. The summed E-state index contributed by atoms with van der Waals surface area (Å²) in [6.07, 6.45) is 1.03. The summed E-state index contributed by atoms with van der Waals surface area (Å²) in [5.41, 5.74) is 4.08. The third-order valence-electron chi connectivity index (χ3n) is 4.64. The smallest absolute Gasteiger partial charge is 0.114 e. The van der Waals surface area contributed by atoms with Gasteiger partial charge in [0, 0.05) is 28.4 Å². The molecule has 0 spiro atoms. The maximum absolute atomic E-state index is 10.9. The average Bonchev–Trinajstić information content (AvgIpc) is 2.93. The third kappa shape index (κ3) is 2.60. The van der Waals surface area contributed by atoms with Gasteiger partial charge in [-0.2, -0.15) is 9.81 Å². The van der Waals surface area contributed by atoms with Crippen LogP contribution >= 0.6 is 0 Å². The molecule has 5 heteroatoms. The molecule has 24 heavy (non-hydrogen) atoms. The first-order valence-electron chi connectivity index (χ1n) is 8.31. The number of nitroso groups, excluding NO2 is 2. The molecule has 0 aliphatic heterocycles. The molecule has 0 aliphatic rings. The lowest BCUT2D eigenvalue weighted by Crippen LogP contribution is -1.96. The maximum Gasteiger partial charge on any atom is 0.114 e. The van der Waals surface area contributed by atoms with Crippen molar-refractivity contribution in [3.05, 3.63) is 57.3 Å². The van der Waals surface area contributed by atoms with Crippen LogP contribution in [0.2, 0.25) is 0 Å². The Kier molecular flexibility index (Phi) is 4.42. The zero-order chi connectivity index (χ0) is 17.3. The first-order chi connectivity index (χ1) is 11.6. The molecule has 1 aromatic heterocycles. The van der Waals surface area contributed by atoms with Gasteiger partial charge >= 0.3 is 0 Å². The van der Waals surface area contributed by atoms with Crippen LogP contribution < -0.4 is 0 Å². The Balaban J connectivity index is 2.33. The molecule has 1 heterocycles. The fraction of sp³-hybridized carbons (Fsp3) is 0.368. The van der Waals surface area contributed by atoms with Crippen molar-refractivity contribution in [2.75, 3.05) is 0 Å². The van der Waals surface area contributed by atoms with E-state index in [0.717, 1.165) is 45.9 Å². The summed E-state index contributed by atoms with van der Waals surface area (Å²) >= 11 is 0. The van der Waals surface area contributed by atoms with Crippen molar-refractivity contribution in [3.8, 4) is 0 Å². The van der Waals surface area contributed by atoms with E-state index < -0.39 is 0 Å². The van der Waals surface area contributed by atoms with E-state index in [9.17, 15) is 9.81 Å². The van der Waals surface area contributed by atoms with Crippen LogP contribution in [0, 0.1) is 9.81 Å². The van der Waals surface area contributed by atoms with Crippen molar-refractivity contribution in [1.82, 2.24) is 4.57 Å². The molecule has 0 aliphatic carbocycles. The molecule has 2 aromatic carbocycles. The highest BCUT2D eigenvalue weighted by Crippen LogP contribution is 2.34. The topological polar surface area (TPSA) is 63.8 Å². The predicted molar refractivity (Wildman–Crippen MR) is 98.2 cm³/mol. The molecule has 2 unspecified atom stereocenters. The second-order valence-electron chi connectivity index (χ2n) is 6.27. The maximum atomic E-state index is 10.9. The van der Waals surface area contributed by atoms with Crippen LogP contribution in [-0.2, 0) is 6.54 Å². The Morgan fingerprint density at radius 1 is 0.875 bits per heavy atom. The number of hydrogen-bond acceptors (Lipinski definition) is 4. The van der Waals surface area contributed by atoms with Crippen molar-refractivity contribution in [2.24, 2.45) is 10.4 Å². The number of aryl methyl sites for hydroxylation is 1. The summed E-state index contributed by atoms with van der Waals surface area (Å²) in [4.78, 5) is 21.8. The number of aromatic nitrogens is 1. The molecule has 124 valence electrons. The number of rotatable bonds is 6. The van der Waals surface area contributed by atoms with Gasteiger partial charge in [0.1, 0.15) is 12.1 Å². The van der Waals surface area contributed by atoms with E-state index in [-0.39, 0.29) is 12.1 Å². The molecule has 0 bridgehead atoms. The molecule has 0 amide bonds. The van der Waals surface area contributed by atoms with Crippen molar-refractivity contribution >= 4 is 21.8 Å². The summed E-state index contributed by atoms with van der Waals surface area (Å²) in [5.74, 6) is 0. The summed E-state index contributed by atoms with van der Waals surface area (Å²) in [7, 11) is 0. The van der Waals surface area contributed by atoms with Gasteiger partial charge in [-0.15, -0.1) is 0 Å². The van der Waals surface area contributed by atoms with Crippen LogP contribution in [0.3, 0.4) is 0 Å². The number of benzene rings is 2. The second-order valence-corrected chi connectivity index (χ2v) is 6.27. The number of nitrogens with zero attached hydrogens (tertiary/aromatic N) is 3. The number of hydrogen-bond donors (Lipinski definition) is 0. The van der Waals surface area contributed by atoms with Gasteiger partial charge in [0.2, 0.25) is 0 Å². The highest BCUT2D eigenvalue weighted by molar-refractivity contribution is 6.08. The van der Waals surface area contributed by atoms with E-state index >= 15 is 0 Å². The van der Waals surface area contributed by atoms with Gasteiger partial charge in [-0.25, -0.2) is 0 Å². The molecule has 5 nitrogen and oxygen atoms in total. The summed E-state index contributed by atoms with van der Waals surface area (Å²) in [6, 6.07) is 11.4. The van der Waals surface area contributed by atoms with Crippen LogP contribution in [-0.4, -0.2) is 4.57 Å². The Labute approximate surface area is 140 Å². The van der Waals surface area contributed by atoms with E-state index in [0.29, 0.717) is 0 Å². The molecule has 0 saturated carbocycles. The Bertz CT molecular complexity index is 843. The quantitative estimate of drug-likeness (QED) is 0.533. The van der Waals surface area contributed by atoms with Gasteiger partial charge < -0.3 is 4.57 Å². The standard InChI is InChI=1S/C19H21N3O2/c1-4-9-22-18-7-5-14(12(2)20-23)10-16(18)17-11-15(13(3)21-24)6-8-19(17)22/h5-8,10-13H,4,9H2,1-3H3. The van der Waals surface area contributed by atoms with Gasteiger partial charge in [0.05, 0.1) is 0 Å². The highest BCUT2D eigenvalue weighted by Gasteiger charge is 2.15. The molecule has 0 N–H and O–H groups in total. The minimum absolute atomic E-state index is 0.377. The van der Waals surface area contributed by atoms with E-state index in [1.807, 2.05) is 24.3 Å². The highest BCUT2D eigenvalue weighted by atomic mass is 16.3. The van der Waals surface area contributed by atoms with Gasteiger partial charge in [-0.1, -0.05) is 29.4 Å². The van der Waals surface area contributed by atoms with Gasteiger partial charge in [-0.05, 0) is 55.7 Å². The first kappa shape index (κ1) is 16.3. The third-order valence-corrected chi connectivity index (χ3v) is 4.64. The lowest BCUT2D eigenvalue weighted by molar-refractivity contribution is 0.723. The van der Waals surface area contributed by atoms with E-state index in [1.165, 1.54) is 0 Å². The van der Waals surface area contributed by atoms with Gasteiger partial charge in [0.15, 0.2) is 0 Å². The molecule has 2 atom stereocenters. The molecule has 3 aromatic rings. The molecule has 0 radical (unpaired) electrons. The fourth-order valence-electron chi connectivity index (χ4n) is 3.25. The summed E-state index contributed by atoms with van der Waals surface area (Å²) in [6.45, 7) is 6.66. The molecular weight excluding hydrogens is 302 g/mol. The van der Waals surface area contributed by atoms with E-state index in [2.05, 4.69) is 34.0 Å². The lowest BCUT2D eigenvalue weighted by Gasteiger charge is -2.07. The fourth-order valence-corrected chi connectivity index (χ4v) is 3.25. The molecular formula is C19H21N3O2. The monoisotopic (exact) mass is 323 g/mol. The Hall–Kier alpha value is -2.56. The molecule has 3 rings (SSSR count). The van der Waals surface area contributed by atoms with E-state index in [4.69, 9.17) is 0 Å². The van der Waals surface area contributed by atoms with Gasteiger partial charge in [0.25, 0.3) is 0 Å². The van der Waals surface area contributed by atoms with Crippen LogP contribution in [0.4, 0.5) is 0 Å². The lowest BCUT2D eigenvalue weighted by atomic mass is 10.0. The van der Waals surface area contributed by atoms with E-state index in [1.54, 1.807) is 13.8 Å². The van der Waals surface area contributed by atoms with Crippen LogP contribution in [0.15, 0.2) is 46.8 Å². The van der Waals surface area contributed by atoms with Crippen LogP contribution in [0.25, 0.3) is 21.8 Å². The SMILES string of the molecule is CCCn1c2ccc(C(C)N=O)cc2c2cc(C(C)N=O)ccc21. The van der Waals surface area contributed by atoms with Crippen LogP contribution in [0.5, 0.6) is 0 Å². The Morgan fingerprint density at radius 3 is 1.71 bits per heavy atom. The zero-order valence-electron chi connectivity index (χ0n) is 14.2. The van der Waals surface area contributed by atoms with Crippen molar-refractivity contribution < 1.29 is 0 Å². The minimum Gasteiger partial charge on any atom is -0.340 e. The molecule has 0 saturated heterocycles. The minimum atomic E-state index is -0.377. The van der Waals surface area contributed by atoms with Crippen LogP contribution in [0.1, 0.15) is 50.4 Å². The first-order valence-corrected chi connectivity index (χ1v) is 8.31. The second kappa shape index (κ2) is 6.51. The Morgan fingerprint density at radius 2 is 1.33 bits per heavy atom. The predicted octanol–water partition coefficient (Wildman–Crippen LogP) is 5.86. The average molecular weight is 323 g/mol. The van der Waals surface area contributed by atoms with Crippen molar-refractivity contribution in [3.63, 3.8) is 0 Å². The molecule has 0 fully saturated rings.